The zero-order chi connectivity index (χ0) is 20.2. The number of nitrogens with one attached hydrogen (secondary N) is 1. The van der Waals surface area contributed by atoms with Crippen molar-refractivity contribution >= 4 is 11.8 Å². The molecule has 0 aliphatic carbocycles. The summed E-state index contributed by atoms with van der Waals surface area (Å²) >= 11 is 0. The van der Waals surface area contributed by atoms with Gasteiger partial charge in [0.05, 0.1) is 30.3 Å². The third kappa shape index (κ3) is 4.64. The van der Waals surface area contributed by atoms with Crippen molar-refractivity contribution in [3.05, 3.63) is 47.5 Å². The third-order valence-electron chi connectivity index (χ3n) is 5.64. The highest BCUT2D eigenvalue weighted by atomic mass is 16.5. The number of aromatic nitrogens is 3. The van der Waals surface area contributed by atoms with Crippen molar-refractivity contribution in [2.75, 3.05) is 26.3 Å². The Bertz CT molecular complexity index is 875. The molecule has 1 saturated heterocycles. The molecule has 0 spiro atoms. The van der Waals surface area contributed by atoms with E-state index in [-0.39, 0.29) is 17.9 Å². The maximum absolute atomic E-state index is 13.0. The minimum Gasteiger partial charge on any atom is -0.381 e. The van der Waals surface area contributed by atoms with Crippen molar-refractivity contribution in [2.45, 2.75) is 38.8 Å². The predicted octanol–water partition coefficient (Wildman–Crippen LogP) is 1.72. The van der Waals surface area contributed by atoms with E-state index in [2.05, 4.69) is 15.4 Å². The minimum atomic E-state index is -0.176. The van der Waals surface area contributed by atoms with Crippen molar-refractivity contribution in [3.8, 4) is 0 Å². The molecular weight excluding hydrogens is 370 g/mol. The number of hydrogen-bond donors (Lipinski definition) is 1. The normalized spacial score (nSPS) is 19.6. The number of pyridine rings is 1. The molecule has 2 aromatic rings. The fourth-order valence-corrected chi connectivity index (χ4v) is 4.04. The Morgan fingerprint density at radius 3 is 2.90 bits per heavy atom. The van der Waals surface area contributed by atoms with E-state index in [0.717, 1.165) is 37.3 Å². The van der Waals surface area contributed by atoms with E-state index in [0.29, 0.717) is 37.5 Å². The Balaban J connectivity index is 1.41. The second-order valence-corrected chi connectivity index (χ2v) is 7.92. The van der Waals surface area contributed by atoms with E-state index in [1.54, 1.807) is 23.5 Å². The fourth-order valence-electron chi connectivity index (χ4n) is 4.04. The lowest BCUT2D eigenvalue weighted by atomic mass is 10.0. The molecule has 4 heterocycles. The first-order valence-electron chi connectivity index (χ1n) is 10.2. The molecule has 0 unspecified atom stereocenters. The van der Waals surface area contributed by atoms with Gasteiger partial charge < -0.3 is 15.0 Å². The van der Waals surface area contributed by atoms with E-state index < -0.39 is 0 Å². The summed E-state index contributed by atoms with van der Waals surface area (Å²) < 4.78 is 7.25. The molecule has 2 aromatic heterocycles. The van der Waals surface area contributed by atoms with Crippen LogP contribution in [0.2, 0.25) is 0 Å². The summed E-state index contributed by atoms with van der Waals surface area (Å²) in [5, 5.41) is 7.45. The van der Waals surface area contributed by atoms with Crippen LogP contribution < -0.4 is 5.32 Å². The predicted molar refractivity (Wildman–Crippen MR) is 106 cm³/mol. The van der Waals surface area contributed by atoms with Gasteiger partial charge in [-0.1, -0.05) is 0 Å². The van der Waals surface area contributed by atoms with Gasteiger partial charge in [-0.05, 0) is 43.4 Å². The lowest BCUT2D eigenvalue weighted by Gasteiger charge is -2.34. The first-order valence-corrected chi connectivity index (χ1v) is 10.2. The Hall–Kier alpha value is -2.74. The smallest absolute Gasteiger partial charge is 0.255 e. The standard InChI is InChI=1S/C21H27N5O3/c1-15-8-17(12-22-10-15)21(28)25-13-18-2-5-24-26(18)19(14-25)9-20(27)23-11-16-3-6-29-7-4-16/h2,5,8,10,12,16,19H,3-4,6-7,9,11,13-14H2,1H3,(H,23,27)/t19-/m1/s1. The molecule has 8 nitrogen and oxygen atoms in total. The van der Waals surface area contributed by atoms with Crippen LogP contribution in [0, 0.1) is 12.8 Å². The average molecular weight is 397 g/mol. The van der Waals surface area contributed by atoms with Gasteiger partial charge in [0.25, 0.3) is 5.91 Å². The maximum Gasteiger partial charge on any atom is 0.255 e. The maximum atomic E-state index is 13.0. The van der Waals surface area contributed by atoms with Crippen molar-refractivity contribution in [1.82, 2.24) is 25.0 Å². The number of amides is 2. The molecule has 154 valence electrons. The van der Waals surface area contributed by atoms with Gasteiger partial charge in [-0.15, -0.1) is 0 Å². The minimum absolute atomic E-state index is 0.00513. The summed E-state index contributed by atoms with van der Waals surface area (Å²) in [5.41, 5.74) is 2.45. The monoisotopic (exact) mass is 397 g/mol. The number of aryl methyl sites for hydroxylation is 1. The molecule has 0 aromatic carbocycles. The van der Waals surface area contributed by atoms with E-state index in [1.807, 2.05) is 23.7 Å². The topological polar surface area (TPSA) is 89.4 Å². The molecule has 1 fully saturated rings. The lowest BCUT2D eigenvalue weighted by molar-refractivity contribution is -0.122. The lowest BCUT2D eigenvalue weighted by Crippen LogP contribution is -2.43. The summed E-state index contributed by atoms with van der Waals surface area (Å²) in [6.45, 7) is 5.06. The number of rotatable bonds is 5. The molecule has 1 atom stereocenters. The van der Waals surface area contributed by atoms with E-state index in [9.17, 15) is 9.59 Å². The Labute approximate surface area is 170 Å². The van der Waals surface area contributed by atoms with Gasteiger partial charge in [0, 0.05) is 44.9 Å². The second kappa shape index (κ2) is 8.73. The zero-order valence-electron chi connectivity index (χ0n) is 16.7. The Morgan fingerprint density at radius 1 is 1.28 bits per heavy atom. The molecular formula is C21H27N5O3. The van der Waals surface area contributed by atoms with Gasteiger partial charge in [-0.2, -0.15) is 5.10 Å². The van der Waals surface area contributed by atoms with E-state index >= 15 is 0 Å². The van der Waals surface area contributed by atoms with Crippen LogP contribution in [0.15, 0.2) is 30.7 Å². The van der Waals surface area contributed by atoms with Crippen LogP contribution in [0.3, 0.4) is 0 Å². The highest BCUT2D eigenvalue weighted by Crippen LogP contribution is 2.24. The van der Waals surface area contributed by atoms with Crippen molar-refractivity contribution in [1.29, 1.82) is 0 Å². The van der Waals surface area contributed by atoms with Crippen molar-refractivity contribution in [3.63, 3.8) is 0 Å². The second-order valence-electron chi connectivity index (χ2n) is 7.92. The number of fused-ring (bicyclic) bond motifs is 1. The highest BCUT2D eigenvalue weighted by Gasteiger charge is 2.30. The number of carbonyl (C=O) groups excluding carboxylic acids is 2. The number of ether oxygens (including phenoxy) is 1. The summed E-state index contributed by atoms with van der Waals surface area (Å²) in [6.07, 6.45) is 7.32. The Kier molecular flexibility index (Phi) is 5.89. The summed E-state index contributed by atoms with van der Waals surface area (Å²) in [5.74, 6) is 0.405. The molecule has 2 aliphatic rings. The molecule has 8 heteroatoms. The van der Waals surface area contributed by atoms with Crippen LogP contribution in [0.25, 0.3) is 0 Å². The summed E-state index contributed by atoms with van der Waals surface area (Å²) in [7, 11) is 0. The molecule has 0 bridgehead atoms. The van der Waals surface area contributed by atoms with E-state index in [1.165, 1.54) is 0 Å². The molecule has 1 N–H and O–H groups in total. The van der Waals surface area contributed by atoms with Crippen LogP contribution in [-0.2, 0) is 16.1 Å². The van der Waals surface area contributed by atoms with Crippen LogP contribution in [0.5, 0.6) is 0 Å². The zero-order valence-corrected chi connectivity index (χ0v) is 16.7. The van der Waals surface area contributed by atoms with Crippen LogP contribution in [-0.4, -0.2) is 57.8 Å². The fraction of sp³-hybridized carbons (Fsp3) is 0.524. The van der Waals surface area contributed by atoms with Gasteiger partial charge >= 0.3 is 0 Å². The highest BCUT2D eigenvalue weighted by molar-refractivity contribution is 5.94. The molecule has 0 radical (unpaired) electrons. The summed E-state index contributed by atoms with van der Waals surface area (Å²) in [6, 6.07) is 3.57. The average Bonchev–Trinajstić information content (AvgIpc) is 3.21. The Morgan fingerprint density at radius 2 is 2.10 bits per heavy atom. The van der Waals surface area contributed by atoms with Gasteiger partial charge in [-0.25, -0.2) is 0 Å². The first-order chi connectivity index (χ1) is 14.1. The van der Waals surface area contributed by atoms with Gasteiger partial charge in [-0.3, -0.25) is 19.3 Å². The number of nitrogens with zero attached hydrogens (tertiary/aromatic N) is 4. The van der Waals surface area contributed by atoms with Gasteiger partial charge in [0.15, 0.2) is 0 Å². The first kappa shape index (κ1) is 19.6. The molecule has 29 heavy (non-hydrogen) atoms. The van der Waals surface area contributed by atoms with Crippen LogP contribution >= 0.6 is 0 Å². The quantitative estimate of drug-likeness (QED) is 0.830. The third-order valence-corrected chi connectivity index (χ3v) is 5.64. The number of carbonyl (C=O) groups is 2. The molecule has 2 amide bonds. The van der Waals surface area contributed by atoms with Crippen molar-refractivity contribution in [2.24, 2.45) is 5.92 Å². The van der Waals surface area contributed by atoms with Gasteiger partial charge in [0.1, 0.15) is 0 Å². The SMILES string of the molecule is Cc1cncc(C(=O)N2Cc3ccnn3[C@H](CC(=O)NCC3CCOCC3)C2)c1. The van der Waals surface area contributed by atoms with Crippen molar-refractivity contribution < 1.29 is 14.3 Å². The largest absolute Gasteiger partial charge is 0.381 e. The van der Waals surface area contributed by atoms with E-state index in [4.69, 9.17) is 4.74 Å². The van der Waals surface area contributed by atoms with Crippen LogP contribution in [0.4, 0.5) is 0 Å². The van der Waals surface area contributed by atoms with Gasteiger partial charge in [0.2, 0.25) is 5.91 Å². The molecule has 2 aliphatic heterocycles. The molecule has 0 saturated carbocycles. The summed E-state index contributed by atoms with van der Waals surface area (Å²) in [4.78, 5) is 31.5. The van der Waals surface area contributed by atoms with Crippen LogP contribution in [0.1, 0.15) is 46.9 Å². The molecule has 4 rings (SSSR count). The number of hydrogen-bond acceptors (Lipinski definition) is 5.